The Labute approximate surface area is 877 Å². The van der Waals surface area contributed by atoms with Gasteiger partial charge in [-0.05, 0) is 341 Å². The van der Waals surface area contributed by atoms with Gasteiger partial charge in [0, 0.05) is 82.1 Å². The minimum atomic E-state index is -3.34. The van der Waals surface area contributed by atoms with Gasteiger partial charge in [-0.25, -0.2) is 18.1 Å². The molecule has 1 unspecified atom stereocenters. The fourth-order valence-electron chi connectivity index (χ4n) is 11.7. The van der Waals surface area contributed by atoms with E-state index in [1.807, 2.05) is 254 Å². The lowest BCUT2D eigenvalue weighted by Gasteiger charge is -2.19. The van der Waals surface area contributed by atoms with Crippen LogP contribution in [0.3, 0.4) is 0 Å². The molecule has 0 bridgehead atoms. The third-order valence-electron chi connectivity index (χ3n) is 18.5. The summed E-state index contributed by atoms with van der Waals surface area (Å²) in [5.41, 5.74) is 8.14. The second-order valence-corrected chi connectivity index (χ2v) is 42.1. The molecule has 0 radical (unpaired) electrons. The molecule has 0 saturated carbocycles. The Morgan fingerprint density at radius 2 is 0.759 bits per heavy atom. The number of alkyl carbamates (subject to hydrolysis) is 1. The van der Waals surface area contributed by atoms with E-state index in [0.717, 1.165) is 94.6 Å². The number of amides is 1. The predicted octanol–water partition coefficient (Wildman–Crippen LogP) is 29.3. The number of thiol groups is 1. The highest BCUT2D eigenvalue weighted by Crippen LogP contribution is 2.34. The van der Waals surface area contributed by atoms with Gasteiger partial charge in [0.25, 0.3) is 0 Å². The number of aromatic nitrogens is 2. The number of phenols is 2. The van der Waals surface area contributed by atoms with E-state index in [2.05, 4.69) is 71.0 Å². The summed E-state index contributed by atoms with van der Waals surface area (Å²) in [6, 6.07) is 88.6. The van der Waals surface area contributed by atoms with Gasteiger partial charge in [-0.1, -0.05) is 77.1 Å². The molecule has 6 N–H and O–H groups in total. The maximum absolute atomic E-state index is 12.2. The first-order valence-corrected chi connectivity index (χ1v) is 52.7. The van der Waals surface area contributed by atoms with Crippen molar-refractivity contribution in [3.8, 4) is 80.4 Å². The van der Waals surface area contributed by atoms with Crippen molar-refractivity contribution in [3.63, 3.8) is 0 Å². The van der Waals surface area contributed by atoms with E-state index < -0.39 is 32.7 Å². The van der Waals surface area contributed by atoms with Crippen molar-refractivity contribution in [1.82, 2.24) is 15.5 Å². The van der Waals surface area contributed by atoms with Crippen molar-refractivity contribution < 1.29 is 85.4 Å². The molecule has 1 amide bonds. The molecule has 31 heteroatoms. The maximum atomic E-state index is 12.2. The Morgan fingerprint density at radius 1 is 0.462 bits per heavy atom. The number of ether oxygens (including phenoxy) is 9. The number of thioether (sulfide) groups is 5. The summed E-state index contributed by atoms with van der Waals surface area (Å²) in [6.07, 6.45) is 10.6. The number of nitrogens with two attached hydrogens (primary N) is 1. The zero-order chi connectivity index (χ0) is 105. The molecular formula is C114H122N6O18S7. The number of phenolic OH excluding ortho intramolecular Hbond substituents is 2. The van der Waals surface area contributed by atoms with Crippen molar-refractivity contribution in [3.05, 3.63) is 388 Å². The molecule has 1 saturated heterocycles. The molecular weight excluding hydrogens is 1970 g/mol. The van der Waals surface area contributed by atoms with E-state index in [0.29, 0.717) is 78.1 Å². The summed E-state index contributed by atoms with van der Waals surface area (Å²) in [7, 11) is -3.34. The number of hydrogen-bond acceptors (Lipinski definition) is 27. The van der Waals surface area contributed by atoms with E-state index in [-0.39, 0.29) is 52.7 Å². The molecule has 0 aliphatic carbocycles. The second-order valence-electron chi connectivity index (χ2n) is 34.1. The fourth-order valence-corrected chi connectivity index (χ4v) is 16.5. The smallest absolute Gasteiger partial charge is 0.408 e. The van der Waals surface area contributed by atoms with E-state index >= 15 is 0 Å². The largest absolute Gasteiger partial charge is 0.508 e. The number of carbonyl (C=O) groups is 3. The van der Waals surface area contributed by atoms with Crippen LogP contribution in [0.25, 0.3) is 16.2 Å². The predicted molar refractivity (Wildman–Crippen MR) is 588 cm³/mol. The molecule has 14 rings (SSSR count). The number of hydrogen-bond donors (Lipinski definition) is 6. The number of oxime groups is 1. The topological polar surface area (TPSA) is 326 Å². The molecule has 0 spiro atoms. The lowest BCUT2D eigenvalue weighted by atomic mass is 10.1. The third kappa shape index (κ3) is 47.9. The van der Waals surface area contributed by atoms with E-state index in [1.54, 1.807) is 189 Å². The number of amidine groups is 1. The second kappa shape index (κ2) is 61.3. The molecule has 1 aliphatic rings. The summed E-state index contributed by atoms with van der Waals surface area (Å²) in [5.74, 6) is 12.6. The summed E-state index contributed by atoms with van der Waals surface area (Å²) >= 11 is 12.6. The number of sulfone groups is 1. The number of nitrogens with zero attached hydrogens (tertiary/aromatic N) is 4. The molecule has 1 fully saturated rings. The highest BCUT2D eigenvalue weighted by molar-refractivity contribution is 8.00. The Morgan fingerprint density at radius 3 is 1.06 bits per heavy atom. The van der Waals surface area contributed by atoms with Crippen LogP contribution in [0.4, 0.5) is 10.5 Å². The molecule has 1 atom stereocenters. The Hall–Kier alpha value is -13.9. The van der Waals surface area contributed by atoms with Gasteiger partial charge in [0.2, 0.25) is 11.7 Å². The van der Waals surface area contributed by atoms with E-state index in [4.69, 9.17) is 74.9 Å². The number of rotatable bonds is 38. The summed E-state index contributed by atoms with van der Waals surface area (Å²) in [4.78, 5) is 49.9. The van der Waals surface area contributed by atoms with Crippen LogP contribution in [0.1, 0.15) is 97.7 Å². The van der Waals surface area contributed by atoms with Crippen LogP contribution >= 0.6 is 71.4 Å². The normalized spacial score (nSPS) is 11.7. The Bertz CT molecular complexity index is 6340. The lowest BCUT2D eigenvalue weighted by Crippen LogP contribution is -2.32. The quantitative estimate of drug-likeness (QED) is 0.00179. The first-order valence-electron chi connectivity index (χ1n) is 45.7. The van der Waals surface area contributed by atoms with Crippen LogP contribution in [-0.2, 0) is 57.8 Å². The monoisotopic (exact) mass is 2090 g/mol. The van der Waals surface area contributed by atoms with Gasteiger partial charge in [-0.15, -0.1) is 104 Å². The van der Waals surface area contributed by atoms with Gasteiger partial charge >= 0.3 is 18.0 Å². The molecule has 758 valence electrons. The SMILES string of the molecule is C=CCSc1ccc(O)cc1.C=CCSc1ccc(Oc2ccc(-c3noc(CNC(=O)OC(C)(C)C)n3)cc2)cc1.C=CCSc1ccc(Oc2ccc(/C(N)=N\O)cc2)cc1.C=CCSc1ccc(Oc2ccc(CCC(=O)OC(C)(C)C)cc2)cc1.CC(C)(C)OC(=O)CCc1ccc(Oc2ccc(S(=O)(=O)CC3CO3)cc2)cc1.Oc1ccc(S)cc1.[C-]#[N+]c1ccc(Oc2ccc(SCC=C)cc2)cc1. The maximum Gasteiger partial charge on any atom is 0.408 e. The molecule has 1 aliphatic heterocycles. The van der Waals surface area contributed by atoms with Crippen molar-refractivity contribution in [2.24, 2.45) is 10.9 Å². The standard InChI is InChI=1S/C23H25N3O4S.C22H26O6S.C22H26O3S.C16H16N2O2S.C16H13NOS.C9H10OS.C6H6OS/c1-5-14-31-19-12-10-18(11-13-19)28-17-8-6-16(7-9-17)21-25-20(30-26-21)15-24-22(27)29-23(2,3)4;1-22(2,3)28-21(23)13-6-16-4-7-17(8-5-16)27-18-9-11-20(12-10-18)29(24,25)15-19-14-26-19;1-5-16-26-20-13-11-19(12-14-20)24-18-9-6-17(7-10-18)8-15-21(23)25-22(2,3)4;1-2-11-21-15-9-7-14(8-10-15)20-13-5-3-12(4-6-13)16(17)18-19;1-3-12-19-16-10-8-15(9-11-16)18-14-6-4-13(17-2)5-7-14;1-2-7-11-9-5-3-8(10)4-6-9;7-5-1-3-6(8)4-2-5/h5-13H,1,14-15H2,2-4H3,(H,24,27);4-5,7-12,19H,6,13-15H2,1-3H3;5-7,9-14H,1,8,15-16H2,2-4H3;2-10,19H,1,11H2,(H2,17,18);3-11H,1,12H2;2-6,10H,1,7H2;1-4,7-8H. The van der Waals surface area contributed by atoms with Crippen LogP contribution in [-0.4, -0.2) is 122 Å². The van der Waals surface area contributed by atoms with Crippen LogP contribution in [0.2, 0.25) is 0 Å². The molecule has 13 aromatic rings. The number of carbonyl (C=O) groups excluding carboxylic acids is 3. The Kier molecular flexibility index (Phi) is 49.1. The van der Waals surface area contributed by atoms with Gasteiger partial charge in [-0.3, -0.25) is 9.59 Å². The number of esters is 2. The average molecular weight is 2090 g/mol. The van der Waals surface area contributed by atoms with Crippen LogP contribution in [0.15, 0.2) is 398 Å². The molecule has 1 aromatic heterocycles. The molecule has 145 heavy (non-hydrogen) atoms. The summed E-state index contributed by atoms with van der Waals surface area (Å²) < 4.78 is 79.4. The van der Waals surface area contributed by atoms with Gasteiger partial charge in [-0.2, -0.15) is 4.98 Å². The highest BCUT2D eigenvalue weighted by Gasteiger charge is 2.31. The van der Waals surface area contributed by atoms with Crippen LogP contribution in [0.5, 0.6) is 69.0 Å². The molecule has 12 aromatic carbocycles. The minimum Gasteiger partial charge on any atom is -0.508 e. The summed E-state index contributed by atoms with van der Waals surface area (Å²) in [5, 5.41) is 35.8. The van der Waals surface area contributed by atoms with E-state index in [9.17, 15) is 22.8 Å². The minimum absolute atomic E-state index is 0.0119. The van der Waals surface area contributed by atoms with Crippen LogP contribution < -0.4 is 34.7 Å². The Balaban J connectivity index is 0.000000213. The van der Waals surface area contributed by atoms with Gasteiger partial charge in [0.15, 0.2) is 21.4 Å². The highest BCUT2D eigenvalue weighted by atomic mass is 32.2. The molecule has 2 heterocycles. The third-order valence-corrected chi connectivity index (χ3v) is 25.6. The average Bonchev–Trinajstić information content (AvgIpc) is 1.74. The van der Waals surface area contributed by atoms with Crippen molar-refractivity contribution in [1.29, 1.82) is 0 Å². The van der Waals surface area contributed by atoms with Gasteiger partial charge < -0.3 is 73.6 Å². The van der Waals surface area contributed by atoms with Crippen molar-refractivity contribution in [2.75, 3.05) is 41.1 Å². The number of aromatic hydroxyl groups is 2. The first-order chi connectivity index (χ1) is 69.4. The zero-order valence-electron chi connectivity index (χ0n) is 82.4. The fraction of sp³-hybridized carbons (Fsp3) is 0.219. The first kappa shape index (κ1) is 116. The number of benzene rings is 12. The number of nitrogens with one attached hydrogen (secondary N) is 1. The van der Waals surface area contributed by atoms with Gasteiger partial charge in [0.05, 0.1) is 29.9 Å². The van der Waals surface area contributed by atoms with Crippen LogP contribution in [0, 0.1) is 6.57 Å². The van der Waals surface area contributed by atoms with Crippen molar-refractivity contribution >= 4 is 111 Å². The van der Waals surface area contributed by atoms with E-state index in [1.165, 1.54) is 14.7 Å². The molecule has 24 nitrogen and oxygen atoms in total. The summed E-state index contributed by atoms with van der Waals surface area (Å²) in [6.45, 7) is 42.5. The number of aryl methyl sites for hydroxylation is 2. The lowest BCUT2D eigenvalue weighted by molar-refractivity contribution is -0.155. The zero-order valence-corrected chi connectivity index (χ0v) is 88.2. The van der Waals surface area contributed by atoms with Gasteiger partial charge in [0.1, 0.15) is 92.3 Å². The van der Waals surface area contributed by atoms with Crippen molar-refractivity contribution in [2.45, 2.75) is 152 Å². The number of epoxide rings is 1.